The van der Waals surface area contributed by atoms with Crippen LogP contribution in [0.1, 0.15) is 43.9 Å². The van der Waals surface area contributed by atoms with Gasteiger partial charge in [-0.3, -0.25) is 9.69 Å². The van der Waals surface area contributed by atoms with Crippen LogP contribution in [-0.2, 0) is 29.1 Å². The molecule has 0 radical (unpaired) electrons. The van der Waals surface area contributed by atoms with Crippen molar-refractivity contribution >= 4 is 23.4 Å². The molecule has 5 atom stereocenters. The molecule has 1 saturated heterocycles. The molecule has 1 unspecified atom stereocenters. The number of benzene rings is 3. The summed E-state index contributed by atoms with van der Waals surface area (Å²) in [6.07, 6.45) is -0.646. The first-order valence-electron chi connectivity index (χ1n) is 13.9. The van der Waals surface area contributed by atoms with Crippen LogP contribution in [0.15, 0.2) is 91.0 Å². The smallest absolute Gasteiger partial charge is 0.345 e. The Labute approximate surface area is 243 Å². The van der Waals surface area contributed by atoms with E-state index in [2.05, 4.69) is 29.2 Å². The van der Waals surface area contributed by atoms with Crippen molar-refractivity contribution in [1.82, 2.24) is 4.90 Å². The summed E-state index contributed by atoms with van der Waals surface area (Å²) < 4.78 is -0.270. The quantitative estimate of drug-likeness (QED) is 0.278. The largest absolute Gasteiger partial charge is 0.378 e. The maximum Gasteiger partial charge on any atom is 0.345 e. The Morgan fingerprint density at radius 1 is 0.900 bits per heavy atom. The molecule has 0 aromatic heterocycles. The number of carbonyl (C=O) groups excluding carboxylic acids is 2. The van der Waals surface area contributed by atoms with Crippen molar-refractivity contribution in [3.63, 3.8) is 0 Å². The number of likely N-dealkylation sites (tertiary alicyclic amines) is 1. The van der Waals surface area contributed by atoms with Gasteiger partial charge in [0.2, 0.25) is 0 Å². The zero-order valence-electron chi connectivity index (χ0n) is 23.6. The Hall–Kier alpha value is -3.03. The lowest BCUT2D eigenvalue weighted by Gasteiger charge is -2.48. The van der Waals surface area contributed by atoms with E-state index in [1.807, 2.05) is 87.5 Å². The summed E-state index contributed by atoms with van der Waals surface area (Å²) in [6, 6.07) is 28.6. The number of carbonyl (C=O) groups is 2. The third-order valence-electron chi connectivity index (χ3n) is 8.25. The molecule has 1 fully saturated rings. The molecular weight excluding hydrogens is 522 g/mol. The van der Waals surface area contributed by atoms with Gasteiger partial charge in [-0.05, 0) is 43.9 Å². The Bertz CT molecular complexity index is 1220. The normalized spacial score (nSPS) is 22.6. The first-order chi connectivity index (χ1) is 19.0. The molecule has 6 nitrogen and oxygen atoms in total. The summed E-state index contributed by atoms with van der Waals surface area (Å²) >= 11 is 6.61. The van der Waals surface area contributed by atoms with Crippen molar-refractivity contribution in [2.45, 2.75) is 75.8 Å². The number of nitrogens with two attached hydrogens (primary N) is 1. The minimum Gasteiger partial charge on any atom is -0.378 e. The van der Waals surface area contributed by atoms with Gasteiger partial charge in [-0.1, -0.05) is 91.0 Å². The van der Waals surface area contributed by atoms with Gasteiger partial charge < -0.3 is 10.8 Å². The number of hydrogen-bond acceptors (Lipinski definition) is 4. The molecule has 1 heterocycles. The van der Waals surface area contributed by atoms with Crippen LogP contribution < -0.4 is 5.73 Å². The summed E-state index contributed by atoms with van der Waals surface area (Å²) in [4.78, 5) is 29.5. The van der Waals surface area contributed by atoms with E-state index in [9.17, 15) is 14.7 Å². The van der Waals surface area contributed by atoms with Gasteiger partial charge >= 0.3 is 5.91 Å². The number of nitrogens with zero attached hydrogens (tertiary/aromatic N) is 2. The molecule has 0 saturated carbocycles. The molecule has 7 heteroatoms. The van der Waals surface area contributed by atoms with Crippen LogP contribution in [0.3, 0.4) is 0 Å². The first kappa shape index (κ1) is 29.9. The SMILES string of the molecule is CC(C)(C)[N+]1(C(=O)[C@@H](O)[C@H](Cc2ccccc2)N(Cc2ccccc2)Cc2ccccc2)C[C@@H](Cl)C[C@H]1C(N)=O. The summed E-state index contributed by atoms with van der Waals surface area (Å²) in [5.74, 6) is -0.977. The van der Waals surface area contributed by atoms with E-state index in [0.717, 1.165) is 16.7 Å². The molecular formula is C33H41ClN3O3+. The first-order valence-corrected chi connectivity index (χ1v) is 14.4. The molecule has 0 aliphatic carbocycles. The van der Waals surface area contributed by atoms with E-state index in [-0.39, 0.29) is 11.0 Å². The van der Waals surface area contributed by atoms with E-state index < -0.39 is 40.9 Å². The van der Waals surface area contributed by atoms with Crippen molar-refractivity contribution < 1.29 is 19.2 Å². The molecule has 1 aliphatic rings. The summed E-state index contributed by atoms with van der Waals surface area (Å²) in [6.45, 7) is 7.06. The molecule has 0 bridgehead atoms. The van der Waals surface area contributed by atoms with Gasteiger partial charge in [0.15, 0.2) is 12.1 Å². The minimum absolute atomic E-state index is 0.240. The van der Waals surface area contributed by atoms with Crippen LogP contribution in [0.25, 0.3) is 0 Å². The number of aliphatic hydroxyl groups excluding tert-OH is 1. The fraction of sp³-hybridized carbons (Fsp3) is 0.394. The van der Waals surface area contributed by atoms with E-state index in [0.29, 0.717) is 25.9 Å². The fourth-order valence-corrected chi connectivity index (χ4v) is 6.59. The van der Waals surface area contributed by atoms with Crippen LogP contribution in [0.5, 0.6) is 0 Å². The monoisotopic (exact) mass is 562 g/mol. The average Bonchev–Trinajstić information content (AvgIpc) is 3.31. The molecule has 212 valence electrons. The molecule has 1 aliphatic heterocycles. The van der Waals surface area contributed by atoms with Crippen LogP contribution in [-0.4, -0.2) is 62.0 Å². The van der Waals surface area contributed by atoms with Gasteiger partial charge in [-0.15, -0.1) is 11.6 Å². The molecule has 3 aromatic rings. The Balaban J connectivity index is 1.80. The summed E-state index contributed by atoms with van der Waals surface area (Å²) in [5, 5.41) is 11.7. The number of hydrogen-bond donors (Lipinski definition) is 2. The summed E-state index contributed by atoms with van der Waals surface area (Å²) in [5.41, 5.74) is 8.33. The second kappa shape index (κ2) is 12.6. The number of quaternary nitrogens is 1. The highest BCUT2D eigenvalue weighted by atomic mass is 35.5. The molecule has 2 amide bonds. The van der Waals surface area contributed by atoms with Crippen LogP contribution in [0.4, 0.5) is 0 Å². The lowest BCUT2D eigenvalue weighted by Crippen LogP contribution is -2.72. The summed E-state index contributed by atoms with van der Waals surface area (Å²) in [7, 11) is 0. The van der Waals surface area contributed by atoms with Crippen molar-refractivity contribution in [2.75, 3.05) is 6.54 Å². The van der Waals surface area contributed by atoms with Crippen LogP contribution in [0, 0.1) is 0 Å². The molecule has 3 N–H and O–H groups in total. The van der Waals surface area contributed by atoms with E-state index >= 15 is 0 Å². The Morgan fingerprint density at radius 2 is 1.35 bits per heavy atom. The Kier molecular flexibility index (Phi) is 9.47. The zero-order valence-corrected chi connectivity index (χ0v) is 24.4. The van der Waals surface area contributed by atoms with Crippen molar-refractivity contribution in [3.8, 4) is 0 Å². The average molecular weight is 563 g/mol. The minimum atomic E-state index is -1.39. The number of rotatable bonds is 10. The maximum absolute atomic E-state index is 14.6. The number of halogens is 1. The van der Waals surface area contributed by atoms with Gasteiger partial charge in [0, 0.05) is 19.5 Å². The van der Waals surface area contributed by atoms with E-state index in [4.69, 9.17) is 17.3 Å². The third kappa shape index (κ3) is 6.47. The molecule has 3 aromatic carbocycles. The third-order valence-corrected chi connectivity index (χ3v) is 8.56. The van der Waals surface area contributed by atoms with Gasteiger partial charge in [-0.25, -0.2) is 9.28 Å². The van der Waals surface area contributed by atoms with E-state index in [1.165, 1.54) is 0 Å². The van der Waals surface area contributed by atoms with Gasteiger partial charge in [0.1, 0.15) is 6.54 Å². The second-order valence-corrected chi connectivity index (χ2v) is 12.5. The number of primary amides is 1. The predicted molar refractivity (Wildman–Crippen MR) is 159 cm³/mol. The highest BCUT2D eigenvalue weighted by Crippen LogP contribution is 2.40. The van der Waals surface area contributed by atoms with Crippen LogP contribution in [0.2, 0.25) is 0 Å². The van der Waals surface area contributed by atoms with Crippen molar-refractivity contribution in [1.29, 1.82) is 0 Å². The maximum atomic E-state index is 14.6. The highest BCUT2D eigenvalue weighted by Gasteiger charge is 2.62. The van der Waals surface area contributed by atoms with Crippen molar-refractivity contribution in [3.05, 3.63) is 108 Å². The van der Waals surface area contributed by atoms with Gasteiger partial charge in [-0.2, -0.15) is 0 Å². The molecule has 4 rings (SSSR count). The lowest BCUT2D eigenvalue weighted by atomic mass is 9.92. The fourth-order valence-electron chi connectivity index (χ4n) is 6.21. The number of aliphatic hydroxyl groups is 1. The predicted octanol–water partition coefficient (Wildman–Crippen LogP) is 4.67. The number of amides is 2. The topological polar surface area (TPSA) is 83.6 Å². The Morgan fingerprint density at radius 3 is 1.77 bits per heavy atom. The standard InChI is InChI=1S/C33H40ClN3O3/c1-33(2,3)37(23-27(34)20-29(37)31(35)39)32(40)30(38)28(19-24-13-7-4-8-14-24)36(21-25-15-9-5-10-16-25)22-26-17-11-6-12-18-26/h4-18,27-30,38H,19-23H2,1-3H3,(H-,35,39)/p+1/t27-,28-,29-,30-,37?/m0/s1. The lowest BCUT2D eigenvalue weighted by molar-refractivity contribution is -0.904. The van der Waals surface area contributed by atoms with Gasteiger partial charge in [0.05, 0.1) is 17.0 Å². The van der Waals surface area contributed by atoms with Crippen LogP contribution >= 0.6 is 11.6 Å². The molecule has 40 heavy (non-hydrogen) atoms. The zero-order chi connectivity index (χ0) is 28.9. The number of alkyl halides is 1. The highest BCUT2D eigenvalue weighted by molar-refractivity contribution is 6.21. The van der Waals surface area contributed by atoms with Crippen molar-refractivity contribution in [2.24, 2.45) is 5.73 Å². The second-order valence-electron chi connectivity index (χ2n) is 11.9. The van der Waals surface area contributed by atoms with Gasteiger partial charge in [0.25, 0.3) is 5.91 Å². The molecule has 0 spiro atoms. The van der Waals surface area contributed by atoms with E-state index in [1.54, 1.807) is 0 Å².